The van der Waals surface area contributed by atoms with Gasteiger partial charge in [-0.1, -0.05) is 6.07 Å². The molecule has 3 heteroatoms. The number of rotatable bonds is 2. The van der Waals surface area contributed by atoms with Gasteiger partial charge in [0.25, 0.3) is 0 Å². The first-order valence-corrected chi connectivity index (χ1v) is 9.14. The second-order valence-corrected chi connectivity index (χ2v) is 7.32. The highest BCUT2D eigenvalue weighted by atomic mass is 15.3. The molecule has 22 heavy (non-hydrogen) atoms. The largest absolute Gasteiger partial charge is 0.370 e. The predicted octanol–water partition coefficient (Wildman–Crippen LogP) is 2.44. The zero-order valence-corrected chi connectivity index (χ0v) is 13.9. The van der Waals surface area contributed by atoms with E-state index >= 15 is 0 Å². The highest BCUT2D eigenvalue weighted by Crippen LogP contribution is 2.29. The van der Waals surface area contributed by atoms with E-state index in [0.29, 0.717) is 0 Å². The highest BCUT2D eigenvalue weighted by molar-refractivity contribution is 5.52. The summed E-state index contributed by atoms with van der Waals surface area (Å²) in [7, 11) is 0. The molecule has 1 N–H and O–H groups in total. The number of benzene rings is 1. The van der Waals surface area contributed by atoms with E-state index in [1.807, 2.05) is 0 Å². The average molecular weight is 299 g/mol. The van der Waals surface area contributed by atoms with E-state index in [-0.39, 0.29) is 0 Å². The Labute approximate surface area is 134 Å². The van der Waals surface area contributed by atoms with Gasteiger partial charge in [0.2, 0.25) is 0 Å². The maximum Gasteiger partial charge on any atom is 0.0369 e. The van der Waals surface area contributed by atoms with Gasteiger partial charge in [-0.05, 0) is 81.9 Å². The molecule has 3 heterocycles. The van der Waals surface area contributed by atoms with Crippen molar-refractivity contribution in [3.63, 3.8) is 0 Å². The Bertz CT molecular complexity index is 527. The normalized spacial score (nSPS) is 29.6. The van der Waals surface area contributed by atoms with Crippen LogP contribution in [0.4, 0.5) is 5.69 Å². The molecule has 3 aliphatic rings. The quantitative estimate of drug-likeness (QED) is 0.905. The van der Waals surface area contributed by atoms with Gasteiger partial charge in [-0.3, -0.25) is 4.90 Å². The van der Waals surface area contributed by atoms with Crippen molar-refractivity contribution in [2.45, 2.75) is 51.1 Å². The molecule has 2 fully saturated rings. The van der Waals surface area contributed by atoms with Crippen molar-refractivity contribution in [2.75, 3.05) is 37.6 Å². The molecule has 0 radical (unpaired) electrons. The summed E-state index contributed by atoms with van der Waals surface area (Å²) in [4.78, 5) is 5.38. The number of hydrogen-bond donors (Lipinski definition) is 1. The molecular weight excluding hydrogens is 270 g/mol. The summed E-state index contributed by atoms with van der Waals surface area (Å²) in [5, 5.41) is 3.51. The van der Waals surface area contributed by atoms with Gasteiger partial charge < -0.3 is 10.2 Å². The zero-order valence-electron chi connectivity index (χ0n) is 13.9. The fraction of sp³-hybridized carbons (Fsp3) is 0.684. The molecule has 0 amide bonds. The van der Waals surface area contributed by atoms with Crippen molar-refractivity contribution in [3.8, 4) is 0 Å². The predicted molar refractivity (Wildman–Crippen MR) is 92.7 cm³/mol. The molecule has 3 nitrogen and oxygen atoms in total. The Kier molecular flexibility index (Phi) is 4.10. The summed E-state index contributed by atoms with van der Waals surface area (Å²) in [5.74, 6) is 0. The smallest absolute Gasteiger partial charge is 0.0369 e. The number of hydrogen-bond acceptors (Lipinski definition) is 3. The topological polar surface area (TPSA) is 18.5 Å². The molecular formula is C19H29N3. The van der Waals surface area contributed by atoms with Gasteiger partial charge in [0, 0.05) is 30.9 Å². The van der Waals surface area contributed by atoms with Crippen molar-refractivity contribution in [2.24, 2.45) is 0 Å². The first-order chi connectivity index (χ1) is 10.8. The van der Waals surface area contributed by atoms with E-state index in [9.17, 15) is 0 Å². The molecule has 120 valence electrons. The molecule has 0 aromatic heterocycles. The Morgan fingerprint density at radius 1 is 1.05 bits per heavy atom. The van der Waals surface area contributed by atoms with Crippen LogP contribution < -0.4 is 10.2 Å². The van der Waals surface area contributed by atoms with Crippen LogP contribution in [0.2, 0.25) is 0 Å². The summed E-state index contributed by atoms with van der Waals surface area (Å²) in [5.41, 5.74) is 4.58. The molecule has 0 aliphatic carbocycles. The van der Waals surface area contributed by atoms with Crippen LogP contribution in [0.5, 0.6) is 0 Å². The Balaban J connectivity index is 1.47. The van der Waals surface area contributed by atoms with Crippen LogP contribution in [0.1, 0.15) is 37.3 Å². The summed E-state index contributed by atoms with van der Waals surface area (Å²) in [6.45, 7) is 8.43. The third-order valence-electron chi connectivity index (χ3n) is 5.93. The van der Waals surface area contributed by atoms with Crippen LogP contribution in [-0.4, -0.2) is 49.7 Å². The minimum absolute atomic E-state index is 0.776. The lowest BCUT2D eigenvalue weighted by atomic mass is 10.0. The van der Waals surface area contributed by atoms with Gasteiger partial charge in [0.15, 0.2) is 0 Å². The zero-order chi connectivity index (χ0) is 14.9. The fourth-order valence-corrected chi connectivity index (χ4v) is 4.60. The molecule has 1 aromatic rings. The molecule has 1 aromatic carbocycles. The second kappa shape index (κ2) is 6.21. The van der Waals surface area contributed by atoms with Crippen LogP contribution in [0.15, 0.2) is 18.2 Å². The highest BCUT2D eigenvalue weighted by Gasteiger charge is 2.33. The maximum atomic E-state index is 3.51. The standard InChI is InChI=1S/C19H29N3/c1-15-3-2-11-22(15)19-8-12-21(14-19)18-5-4-16-6-9-20-10-7-17(16)13-18/h4-5,13,15,19-20H,2-3,6-12,14H2,1H3. The lowest BCUT2D eigenvalue weighted by Gasteiger charge is -2.28. The third kappa shape index (κ3) is 2.77. The molecule has 2 unspecified atom stereocenters. The summed E-state index contributed by atoms with van der Waals surface area (Å²) >= 11 is 0. The first kappa shape index (κ1) is 14.5. The molecule has 3 aliphatic heterocycles. The van der Waals surface area contributed by atoms with E-state index in [0.717, 1.165) is 25.2 Å². The average Bonchev–Trinajstić information content (AvgIpc) is 3.10. The van der Waals surface area contributed by atoms with Gasteiger partial charge in [-0.15, -0.1) is 0 Å². The summed E-state index contributed by atoms with van der Waals surface area (Å²) in [6, 6.07) is 8.78. The number of likely N-dealkylation sites (tertiary alicyclic amines) is 1. The Morgan fingerprint density at radius 2 is 1.91 bits per heavy atom. The van der Waals surface area contributed by atoms with E-state index in [1.54, 1.807) is 11.1 Å². The van der Waals surface area contributed by atoms with Gasteiger partial charge in [-0.2, -0.15) is 0 Å². The molecule has 0 saturated carbocycles. The number of nitrogens with zero attached hydrogens (tertiary/aromatic N) is 2. The fourth-order valence-electron chi connectivity index (χ4n) is 4.60. The van der Waals surface area contributed by atoms with Crippen molar-refractivity contribution >= 4 is 5.69 Å². The van der Waals surface area contributed by atoms with Crippen molar-refractivity contribution in [3.05, 3.63) is 29.3 Å². The van der Waals surface area contributed by atoms with Gasteiger partial charge in [-0.25, -0.2) is 0 Å². The van der Waals surface area contributed by atoms with E-state index in [4.69, 9.17) is 0 Å². The number of nitrogens with one attached hydrogen (secondary N) is 1. The van der Waals surface area contributed by atoms with E-state index in [2.05, 4.69) is 40.2 Å². The van der Waals surface area contributed by atoms with Gasteiger partial charge >= 0.3 is 0 Å². The molecule has 2 saturated heterocycles. The Hall–Kier alpha value is -1.06. The van der Waals surface area contributed by atoms with Crippen LogP contribution in [-0.2, 0) is 12.8 Å². The molecule has 2 atom stereocenters. The summed E-state index contributed by atoms with van der Waals surface area (Å²) < 4.78 is 0. The first-order valence-electron chi connectivity index (χ1n) is 9.14. The molecule has 4 rings (SSSR count). The van der Waals surface area contributed by atoms with E-state index < -0.39 is 0 Å². The minimum Gasteiger partial charge on any atom is -0.370 e. The van der Waals surface area contributed by atoms with Crippen LogP contribution in [0.3, 0.4) is 0 Å². The van der Waals surface area contributed by atoms with Gasteiger partial charge in [0.1, 0.15) is 0 Å². The third-order valence-corrected chi connectivity index (χ3v) is 5.93. The SMILES string of the molecule is CC1CCCN1C1CCN(c2ccc3c(c2)CCNCC3)C1. The maximum absolute atomic E-state index is 3.51. The minimum atomic E-state index is 0.776. The number of fused-ring (bicyclic) bond motifs is 1. The lowest BCUT2D eigenvalue weighted by molar-refractivity contribution is 0.204. The lowest BCUT2D eigenvalue weighted by Crippen LogP contribution is -2.39. The molecule has 0 spiro atoms. The van der Waals surface area contributed by atoms with Crippen LogP contribution >= 0.6 is 0 Å². The number of anilines is 1. The van der Waals surface area contributed by atoms with Crippen molar-refractivity contribution in [1.29, 1.82) is 0 Å². The van der Waals surface area contributed by atoms with Gasteiger partial charge in [0.05, 0.1) is 0 Å². The van der Waals surface area contributed by atoms with Crippen LogP contribution in [0, 0.1) is 0 Å². The molecule has 0 bridgehead atoms. The Morgan fingerprint density at radius 3 is 2.73 bits per heavy atom. The second-order valence-electron chi connectivity index (χ2n) is 7.32. The summed E-state index contributed by atoms with van der Waals surface area (Å²) in [6.07, 6.45) is 6.49. The van der Waals surface area contributed by atoms with Crippen LogP contribution in [0.25, 0.3) is 0 Å². The monoisotopic (exact) mass is 299 g/mol. The van der Waals surface area contributed by atoms with E-state index in [1.165, 1.54) is 57.4 Å². The van der Waals surface area contributed by atoms with Crippen molar-refractivity contribution in [1.82, 2.24) is 10.2 Å². The van der Waals surface area contributed by atoms with Crippen molar-refractivity contribution < 1.29 is 0 Å².